The molecule has 1 heterocycles. The molecule has 0 spiro atoms. The summed E-state index contributed by atoms with van der Waals surface area (Å²) in [6.45, 7) is 0.712. The molecule has 2 N–H and O–H groups in total. The van der Waals surface area contributed by atoms with Crippen LogP contribution in [0.1, 0.15) is 16.8 Å². The van der Waals surface area contributed by atoms with E-state index in [1.807, 2.05) is 0 Å². The summed E-state index contributed by atoms with van der Waals surface area (Å²) in [6, 6.07) is 5.28. The summed E-state index contributed by atoms with van der Waals surface area (Å²) in [5, 5.41) is 11.9. The van der Waals surface area contributed by atoms with Crippen LogP contribution >= 0.6 is 27.7 Å². The molecule has 1 aromatic rings. The maximum atomic E-state index is 12.4. The molecule has 0 radical (unpaired) electrons. The summed E-state index contributed by atoms with van der Waals surface area (Å²) >= 11 is 5.19. The molecule has 1 aliphatic rings. The van der Waals surface area contributed by atoms with Crippen LogP contribution in [-0.2, 0) is 4.74 Å². The second-order valence-corrected chi connectivity index (χ2v) is 7.05. The fourth-order valence-corrected chi connectivity index (χ4v) is 4.09. The molecule has 0 aliphatic carbocycles. The largest absolute Gasteiger partial charge is 0.497 e. The zero-order valence-electron chi connectivity index (χ0n) is 12.4. The Bertz CT molecular complexity index is 520. The van der Waals surface area contributed by atoms with Crippen molar-refractivity contribution in [2.75, 3.05) is 38.4 Å². The Labute approximate surface area is 142 Å². The van der Waals surface area contributed by atoms with Crippen molar-refractivity contribution in [2.24, 2.45) is 0 Å². The molecule has 7 heteroatoms. The number of methoxy groups -OCH3 is 1. The van der Waals surface area contributed by atoms with E-state index in [2.05, 4.69) is 21.2 Å². The van der Waals surface area contributed by atoms with Crippen molar-refractivity contribution in [3.63, 3.8) is 0 Å². The van der Waals surface area contributed by atoms with Crippen LogP contribution in [0.2, 0.25) is 0 Å². The molecule has 0 aromatic heterocycles. The van der Waals surface area contributed by atoms with E-state index in [0.29, 0.717) is 24.5 Å². The minimum absolute atomic E-state index is 0.0121. The van der Waals surface area contributed by atoms with Crippen LogP contribution in [0.3, 0.4) is 0 Å². The number of rotatable bonds is 7. The molecule has 0 saturated carbocycles. The van der Waals surface area contributed by atoms with Gasteiger partial charge in [0.25, 0.3) is 5.91 Å². The van der Waals surface area contributed by atoms with Crippen LogP contribution in [0.4, 0.5) is 0 Å². The summed E-state index contributed by atoms with van der Waals surface area (Å²) in [6.07, 6.45) is 0.872. The van der Waals surface area contributed by atoms with E-state index in [-0.39, 0.29) is 18.1 Å². The van der Waals surface area contributed by atoms with Crippen molar-refractivity contribution in [1.29, 1.82) is 0 Å². The molecule has 122 valence electrons. The van der Waals surface area contributed by atoms with Gasteiger partial charge in [0.2, 0.25) is 0 Å². The normalized spacial score (nSPS) is 20.9. The lowest BCUT2D eigenvalue weighted by Crippen LogP contribution is -2.45. The van der Waals surface area contributed by atoms with E-state index in [9.17, 15) is 4.79 Å². The number of hydrogen-bond donors (Lipinski definition) is 2. The minimum atomic E-state index is -0.381. The second kappa shape index (κ2) is 8.19. The lowest BCUT2D eigenvalue weighted by atomic mass is 10.0. The quantitative estimate of drug-likeness (QED) is 0.746. The third-order valence-electron chi connectivity index (χ3n) is 3.56. The predicted molar refractivity (Wildman–Crippen MR) is 90.7 cm³/mol. The van der Waals surface area contributed by atoms with Gasteiger partial charge in [-0.2, -0.15) is 11.8 Å². The number of benzene rings is 1. The summed E-state index contributed by atoms with van der Waals surface area (Å²) in [4.78, 5) is 12.4. The van der Waals surface area contributed by atoms with Gasteiger partial charge in [0, 0.05) is 16.8 Å². The summed E-state index contributed by atoms with van der Waals surface area (Å²) in [5.41, 5.74) is 0.149. The number of thioether (sulfide) groups is 1. The Morgan fingerprint density at radius 1 is 1.55 bits per heavy atom. The van der Waals surface area contributed by atoms with Gasteiger partial charge in [-0.3, -0.25) is 4.79 Å². The second-order valence-electron chi connectivity index (χ2n) is 5.09. The van der Waals surface area contributed by atoms with Gasteiger partial charge in [0.15, 0.2) is 0 Å². The average Bonchev–Trinajstić information content (AvgIpc) is 3.00. The third kappa shape index (κ3) is 4.38. The average molecular weight is 390 g/mol. The molecule has 1 amide bonds. The monoisotopic (exact) mass is 389 g/mol. The van der Waals surface area contributed by atoms with Crippen molar-refractivity contribution >= 4 is 33.6 Å². The fraction of sp³-hybridized carbons (Fsp3) is 0.533. The van der Waals surface area contributed by atoms with E-state index >= 15 is 0 Å². The molecule has 0 bridgehead atoms. The first-order chi connectivity index (χ1) is 10.6. The van der Waals surface area contributed by atoms with Gasteiger partial charge >= 0.3 is 0 Å². The van der Waals surface area contributed by atoms with Crippen LogP contribution in [0.25, 0.3) is 0 Å². The van der Waals surface area contributed by atoms with Crippen molar-refractivity contribution in [1.82, 2.24) is 5.32 Å². The first-order valence-corrected chi connectivity index (χ1v) is 8.99. The highest BCUT2D eigenvalue weighted by Crippen LogP contribution is 2.31. The van der Waals surface area contributed by atoms with Gasteiger partial charge in [-0.25, -0.2) is 0 Å². The molecule has 2 rings (SSSR count). The van der Waals surface area contributed by atoms with E-state index in [1.54, 1.807) is 37.1 Å². The molecule has 1 atom stereocenters. The Balaban J connectivity index is 2.02. The Morgan fingerprint density at radius 2 is 2.36 bits per heavy atom. The van der Waals surface area contributed by atoms with Crippen molar-refractivity contribution in [3.05, 3.63) is 28.2 Å². The van der Waals surface area contributed by atoms with Gasteiger partial charge in [0.1, 0.15) is 5.75 Å². The Morgan fingerprint density at radius 3 is 3.00 bits per heavy atom. The highest BCUT2D eigenvalue weighted by molar-refractivity contribution is 9.10. The lowest BCUT2D eigenvalue weighted by molar-refractivity contribution is -0.0378. The molecule has 1 saturated heterocycles. The van der Waals surface area contributed by atoms with E-state index in [1.165, 1.54) is 0 Å². The smallest absolute Gasteiger partial charge is 0.252 e. The van der Waals surface area contributed by atoms with Crippen molar-refractivity contribution in [2.45, 2.75) is 12.0 Å². The number of aliphatic hydroxyl groups is 1. The molecular weight excluding hydrogens is 370 g/mol. The van der Waals surface area contributed by atoms with Crippen molar-refractivity contribution in [3.8, 4) is 5.75 Å². The molecule has 22 heavy (non-hydrogen) atoms. The minimum Gasteiger partial charge on any atom is -0.497 e. The molecular formula is C15H20BrNO4S. The Kier molecular flexibility index (Phi) is 6.55. The van der Waals surface area contributed by atoms with E-state index in [0.717, 1.165) is 22.4 Å². The number of halogens is 1. The zero-order chi connectivity index (χ0) is 16.0. The van der Waals surface area contributed by atoms with Crippen LogP contribution in [-0.4, -0.2) is 55.0 Å². The third-order valence-corrected chi connectivity index (χ3v) is 5.47. The highest BCUT2D eigenvalue weighted by atomic mass is 79.9. The number of amides is 1. The molecule has 1 unspecified atom stereocenters. The van der Waals surface area contributed by atoms with E-state index in [4.69, 9.17) is 14.6 Å². The van der Waals surface area contributed by atoms with Crippen LogP contribution in [0, 0.1) is 0 Å². The summed E-state index contributed by atoms with van der Waals surface area (Å²) in [5.74, 6) is 2.29. The maximum Gasteiger partial charge on any atom is 0.252 e. The number of hydrogen-bond acceptors (Lipinski definition) is 5. The van der Waals surface area contributed by atoms with E-state index < -0.39 is 0 Å². The first-order valence-electron chi connectivity index (χ1n) is 7.04. The Hall–Kier alpha value is -0.760. The number of nitrogens with one attached hydrogen (secondary N) is 1. The van der Waals surface area contributed by atoms with Crippen LogP contribution < -0.4 is 10.1 Å². The first kappa shape index (κ1) is 17.6. The standard InChI is InChI=1S/C15H20BrNO4S/c1-20-11-2-3-13(16)12(8-11)14(19)17-9-15(21-6-5-18)4-7-22-10-15/h2-3,8,18H,4-7,9-10H2,1H3,(H,17,19). The predicted octanol–water partition coefficient (Wildman–Crippen LogP) is 2.07. The zero-order valence-corrected chi connectivity index (χ0v) is 14.8. The SMILES string of the molecule is COc1ccc(Br)c(C(=O)NCC2(OCCO)CCSC2)c1. The fourth-order valence-electron chi connectivity index (χ4n) is 2.30. The van der Waals surface area contributed by atoms with Gasteiger partial charge < -0.3 is 19.9 Å². The summed E-state index contributed by atoms with van der Waals surface area (Å²) in [7, 11) is 1.57. The topological polar surface area (TPSA) is 67.8 Å². The van der Waals surface area contributed by atoms with Crippen molar-refractivity contribution < 1.29 is 19.4 Å². The molecule has 1 aromatic carbocycles. The molecule has 1 aliphatic heterocycles. The van der Waals surface area contributed by atoms with Gasteiger partial charge in [-0.15, -0.1) is 0 Å². The van der Waals surface area contributed by atoms with Gasteiger partial charge in [0.05, 0.1) is 31.5 Å². The van der Waals surface area contributed by atoms with Crippen LogP contribution in [0.5, 0.6) is 5.75 Å². The van der Waals surface area contributed by atoms with Gasteiger partial charge in [-0.05, 0) is 46.3 Å². The maximum absolute atomic E-state index is 12.4. The number of carbonyl (C=O) groups excluding carboxylic acids is 1. The lowest BCUT2D eigenvalue weighted by Gasteiger charge is -2.28. The summed E-state index contributed by atoms with van der Waals surface area (Å²) < 4.78 is 11.7. The number of carbonyl (C=O) groups is 1. The molecule has 5 nitrogen and oxygen atoms in total. The van der Waals surface area contributed by atoms with Crippen LogP contribution in [0.15, 0.2) is 22.7 Å². The van der Waals surface area contributed by atoms with Gasteiger partial charge in [-0.1, -0.05) is 0 Å². The number of ether oxygens (including phenoxy) is 2. The number of aliphatic hydroxyl groups excluding tert-OH is 1. The molecule has 1 fully saturated rings. The highest BCUT2D eigenvalue weighted by Gasteiger charge is 2.35.